The Bertz CT molecular complexity index is 758. The molecule has 0 saturated carbocycles. The summed E-state index contributed by atoms with van der Waals surface area (Å²) in [7, 11) is 0. The number of hydrogen-bond donors (Lipinski definition) is 1. The lowest BCUT2D eigenvalue weighted by Gasteiger charge is -2.03. The fraction of sp³-hybridized carbons (Fsp3) is 0. The Labute approximate surface area is 128 Å². The van der Waals surface area contributed by atoms with Crippen molar-refractivity contribution in [2.75, 3.05) is 5.73 Å². The third-order valence-corrected chi connectivity index (χ3v) is 4.09. The van der Waals surface area contributed by atoms with Crippen molar-refractivity contribution >= 4 is 33.4 Å². The molecule has 0 fully saturated rings. The molecule has 0 radical (unpaired) electrons. The molecule has 0 aliphatic rings. The van der Waals surface area contributed by atoms with Gasteiger partial charge in [-0.25, -0.2) is 0 Å². The molecule has 0 bridgehead atoms. The van der Waals surface area contributed by atoms with Crippen LogP contribution >= 0.6 is 27.5 Å². The molecule has 0 amide bonds. The van der Waals surface area contributed by atoms with Crippen LogP contribution in [0.5, 0.6) is 0 Å². The zero-order chi connectivity index (χ0) is 14.1. The number of nitrogen functional groups attached to an aromatic ring is 1. The molecule has 2 N–H and O–H groups in total. The average Bonchev–Trinajstić information content (AvgIpc) is 2.85. The van der Waals surface area contributed by atoms with Crippen LogP contribution in [-0.4, -0.2) is 10.1 Å². The quantitative estimate of drug-likeness (QED) is 0.744. The largest absolute Gasteiger partial charge is 0.367 e. The molecule has 0 aliphatic heterocycles. The van der Waals surface area contributed by atoms with Crippen LogP contribution in [0.1, 0.15) is 0 Å². The molecule has 6 heteroatoms. The highest BCUT2D eigenvalue weighted by Gasteiger charge is 2.18. The zero-order valence-electron chi connectivity index (χ0n) is 10.2. The van der Waals surface area contributed by atoms with Gasteiger partial charge in [-0.05, 0) is 34.1 Å². The summed E-state index contributed by atoms with van der Waals surface area (Å²) in [5, 5.41) is 4.63. The van der Waals surface area contributed by atoms with E-state index in [1.807, 2.05) is 30.3 Å². The predicted octanol–water partition coefficient (Wildman–Crippen LogP) is 4.40. The fourth-order valence-corrected chi connectivity index (χ4v) is 2.36. The molecule has 0 atom stereocenters. The molecule has 0 saturated heterocycles. The maximum Gasteiger partial charge on any atom is 0.230 e. The minimum atomic E-state index is 0.257. The lowest BCUT2D eigenvalue weighted by Crippen LogP contribution is -1.88. The summed E-state index contributed by atoms with van der Waals surface area (Å²) in [5.74, 6) is 0.257. The van der Waals surface area contributed by atoms with Crippen molar-refractivity contribution in [3.63, 3.8) is 0 Å². The van der Waals surface area contributed by atoms with Crippen LogP contribution in [0.3, 0.4) is 0 Å². The molecule has 1 aromatic carbocycles. The predicted molar refractivity (Wildman–Crippen MR) is 82.3 cm³/mol. The van der Waals surface area contributed by atoms with Crippen LogP contribution in [0.2, 0.25) is 5.02 Å². The lowest BCUT2D eigenvalue weighted by molar-refractivity contribution is 0.439. The van der Waals surface area contributed by atoms with Gasteiger partial charge in [-0.3, -0.25) is 4.98 Å². The van der Waals surface area contributed by atoms with Crippen molar-refractivity contribution < 1.29 is 4.52 Å². The van der Waals surface area contributed by atoms with Crippen LogP contribution in [0.15, 0.2) is 51.7 Å². The van der Waals surface area contributed by atoms with E-state index in [2.05, 4.69) is 26.1 Å². The van der Waals surface area contributed by atoms with E-state index >= 15 is 0 Å². The van der Waals surface area contributed by atoms with Crippen LogP contribution < -0.4 is 5.73 Å². The third kappa shape index (κ3) is 2.30. The molecule has 0 unspecified atom stereocenters. The minimum absolute atomic E-state index is 0.257. The van der Waals surface area contributed by atoms with Crippen molar-refractivity contribution in [1.82, 2.24) is 10.1 Å². The number of nitrogens with two attached hydrogens (primary N) is 1. The second-order valence-electron chi connectivity index (χ2n) is 4.14. The van der Waals surface area contributed by atoms with E-state index in [-0.39, 0.29) is 5.88 Å². The normalized spacial score (nSPS) is 10.7. The number of rotatable bonds is 2. The van der Waals surface area contributed by atoms with Gasteiger partial charge in [0.05, 0.1) is 10.6 Å². The fourth-order valence-electron chi connectivity index (χ4n) is 1.93. The smallest absolute Gasteiger partial charge is 0.230 e. The van der Waals surface area contributed by atoms with Gasteiger partial charge in [0.15, 0.2) is 0 Å². The van der Waals surface area contributed by atoms with Gasteiger partial charge in [0.2, 0.25) is 5.88 Å². The standard InChI is InChI=1S/C14H9BrClN3O/c15-10-4-3-8(6-11(10)16)13-12(14(17)20-19-13)9-2-1-5-18-7-9/h1-7H,17H2. The topological polar surface area (TPSA) is 64.9 Å². The van der Waals surface area contributed by atoms with Crippen molar-refractivity contribution in [2.24, 2.45) is 0 Å². The van der Waals surface area contributed by atoms with E-state index in [9.17, 15) is 0 Å². The van der Waals surface area contributed by atoms with Crippen LogP contribution in [-0.2, 0) is 0 Å². The molecule has 2 aromatic heterocycles. The highest BCUT2D eigenvalue weighted by atomic mass is 79.9. The summed E-state index contributed by atoms with van der Waals surface area (Å²) >= 11 is 9.48. The van der Waals surface area contributed by atoms with Gasteiger partial charge in [-0.15, -0.1) is 0 Å². The second kappa shape index (κ2) is 5.26. The monoisotopic (exact) mass is 349 g/mol. The van der Waals surface area contributed by atoms with Crippen molar-refractivity contribution in [1.29, 1.82) is 0 Å². The highest BCUT2D eigenvalue weighted by molar-refractivity contribution is 9.10. The van der Waals surface area contributed by atoms with E-state index in [1.165, 1.54) is 0 Å². The van der Waals surface area contributed by atoms with Gasteiger partial charge < -0.3 is 10.3 Å². The summed E-state index contributed by atoms with van der Waals surface area (Å²) in [6.45, 7) is 0. The summed E-state index contributed by atoms with van der Waals surface area (Å²) in [6.07, 6.45) is 3.41. The molecule has 3 aromatic rings. The van der Waals surface area contributed by atoms with Crippen molar-refractivity contribution in [3.8, 4) is 22.4 Å². The third-order valence-electron chi connectivity index (χ3n) is 2.86. The van der Waals surface area contributed by atoms with E-state index in [1.54, 1.807) is 12.4 Å². The Hall–Kier alpha value is -1.85. The van der Waals surface area contributed by atoms with Crippen molar-refractivity contribution in [2.45, 2.75) is 0 Å². The molecule has 3 rings (SSSR count). The summed E-state index contributed by atoms with van der Waals surface area (Å²) < 4.78 is 5.94. The summed E-state index contributed by atoms with van der Waals surface area (Å²) in [6, 6.07) is 9.30. The zero-order valence-corrected chi connectivity index (χ0v) is 12.5. The first-order valence-electron chi connectivity index (χ1n) is 5.78. The molecule has 0 aliphatic carbocycles. The van der Waals surface area contributed by atoms with Gasteiger partial charge in [0, 0.05) is 28.0 Å². The first kappa shape index (κ1) is 13.1. The first-order chi connectivity index (χ1) is 9.66. The highest BCUT2D eigenvalue weighted by Crippen LogP contribution is 2.37. The molecular formula is C14H9BrClN3O. The Balaban J connectivity index is 2.18. The number of halogens is 2. The molecule has 20 heavy (non-hydrogen) atoms. The van der Waals surface area contributed by atoms with Crippen molar-refractivity contribution in [3.05, 3.63) is 52.2 Å². The molecular weight excluding hydrogens is 342 g/mol. The van der Waals surface area contributed by atoms with Crippen LogP contribution in [0.25, 0.3) is 22.4 Å². The van der Waals surface area contributed by atoms with Crippen LogP contribution in [0, 0.1) is 0 Å². The summed E-state index contributed by atoms with van der Waals surface area (Å²) in [5.41, 5.74) is 8.92. The Kier molecular flexibility index (Phi) is 3.46. The van der Waals surface area contributed by atoms with E-state index in [4.69, 9.17) is 21.9 Å². The number of pyridine rings is 1. The van der Waals surface area contributed by atoms with E-state index < -0.39 is 0 Å². The SMILES string of the molecule is Nc1onc(-c2ccc(Br)c(Cl)c2)c1-c1cccnc1. The number of nitrogens with zero attached hydrogens (tertiary/aromatic N) is 2. The minimum Gasteiger partial charge on any atom is -0.367 e. The Morgan fingerprint density at radius 2 is 2.05 bits per heavy atom. The maximum absolute atomic E-state index is 6.12. The Morgan fingerprint density at radius 3 is 2.75 bits per heavy atom. The van der Waals surface area contributed by atoms with Crippen LogP contribution in [0.4, 0.5) is 5.88 Å². The van der Waals surface area contributed by atoms with Gasteiger partial charge >= 0.3 is 0 Å². The molecule has 100 valence electrons. The second-order valence-corrected chi connectivity index (χ2v) is 5.40. The molecule has 0 spiro atoms. The lowest BCUT2D eigenvalue weighted by atomic mass is 10.0. The number of anilines is 1. The first-order valence-corrected chi connectivity index (χ1v) is 6.95. The molecule has 2 heterocycles. The Morgan fingerprint density at radius 1 is 1.20 bits per heavy atom. The van der Waals surface area contributed by atoms with E-state index in [0.717, 1.165) is 21.2 Å². The number of hydrogen-bond acceptors (Lipinski definition) is 4. The van der Waals surface area contributed by atoms with Gasteiger partial charge in [0.25, 0.3) is 0 Å². The number of aromatic nitrogens is 2. The van der Waals surface area contributed by atoms with Gasteiger partial charge in [-0.1, -0.05) is 28.9 Å². The summed E-state index contributed by atoms with van der Waals surface area (Å²) in [4.78, 5) is 4.09. The molecule has 4 nitrogen and oxygen atoms in total. The van der Waals surface area contributed by atoms with E-state index in [0.29, 0.717) is 10.7 Å². The maximum atomic E-state index is 6.12. The number of benzene rings is 1. The van der Waals surface area contributed by atoms with Gasteiger partial charge in [-0.2, -0.15) is 0 Å². The van der Waals surface area contributed by atoms with Gasteiger partial charge in [0.1, 0.15) is 5.69 Å². The average molecular weight is 351 g/mol.